The van der Waals surface area contributed by atoms with Crippen LogP contribution in [-0.2, 0) is 11.2 Å². The number of aromatic amines is 1. The minimum atomic E-state index is -0.143. The van der Waals surface area contributed by atoms with Crippen molar-refractivity contribution in [2.45, 2.75) is 31.5 Å². The average Bonchev–Trinajstić information content (AvgIpc) is 2.63. The summed E-state index contributed by atoms with van der Waals surface area (Å²) in [6.45, 7) is 3.97. The number of H-pyrrole nitrogens is 1. The molecule has 2 N–H and O–H groups in total. The van der Waals surface area contributed by atoms with Gasteiger partial charge in [-0.25, -0.2) is 0 Å². The van der Waals surface area contributed by atoms with Gasteiger partial charge in [0.15, 0.2) is 0 Å². The second-order valence-electron chi connectivity index (χ2n) is 2.99. The van der Waals surface area contributed by atoms with Gasteiger partial charge in [0.25, 0.3) is 0 Å². The van der Waals surface area contributed by atoms with Crippen LogP contribution >= 0.6 is 15.9 Å². The second-order valence-corrected chi connectivity index (χ2v) is 4.09. The molecule has 1 aromatic heterocycles. The van der Waals surface area contributed by atoms with E-state index in [2.05, 4.69) is 31.4 Å². The van der Waals surface area contributed by atoms with Gasteiger partial charge >= 0.3 is 0 Å². The Morgan fingerprint density at radius 3 is 3.00 bits per heavy atom. The number of anilines is 1. The Bertz CT molecular complexity index is 311. The van der Waals surface area contributed by atoms with E-state index in [-0.39, 0.29) is 10.7 Å². The van der Waals surface area contributed by atoms with Gasteiger partial charge in [0.1, 0.15) is 5.82 Å². The summed E-state index contributed by atoms with van der Waals surface area (Å²) in [5.74, 6) is 0.668. The predicted octanol–water partition coefficient (Wildman–Crippen LogP) is 2.08. The number of hydrogen-bond acceptors (Lipinski definition) is 2. The minimum Gasteiger partial charge on any atom is -0.310 e. The van der Waals surface area contributed by atoms with Crippen LogP contribution in [0, 0.1) is 0 Å². The van der Waals surface area contributed by atoms with Crippen LogP contribution in [0.15, 0.2) is 6.20 Å². The maximum absolute atomic E-state index is 11.5. The summed E-state index contributed by atoms with van der Waals surface area (Å²) in [6, 6.07) is 0. The van der Waals surface area contributed by atoms with Crippen molar-refractivity contribution in [2.75, 3.05) is 5.32 Å². The third-order valence-corrected chi connectivity index (χ3v) is 3.05. The van der Waals surface area contributed by atoms with Gasteiger partial charge < -0.3 is 5.32 Å². The van der Waals surface area contributed by atoms with Crippen LogP contribution in [0.5, 0.6) is 0 Å². The fraction of sp³-hybridized carbons (Fsp3) is 0.556. The van der Waals surface area contributed by atoms with Crippen LogP contribution in [0.25, 0.3) is 0 Å². The number of carbonyl (C=O) groups is 1. The number of amides is 1. The van der Waals surface area contributed by atoms with E-state index in [1.165, 1.54) is 0 Å². The molecule has 1 heterocycles. The van der Waals surface area contributed by atoms with Crippen LogP contribution in [0.2, 0.25) is 0 Å². The zero-order chi connectivity index (χ0) is 10.6. The van der Waals surface area contributed by atoms with Crippen molar-refractivity contribution >= 4 is 27.7 Å². The molecule has 0 radical (unpaired) electrons. The Labute approximate surface area is 91.6 Å². The highest BCUT2D eigenvalue weighted by atomic mass is 79.9. The predicted molar refractivity (Wildman–Crippen MR) is 59.6 cm³/mol. The van der Waals surface area contributed by atoms with Gasteiger partial charge in [-0.1, -0.05) is 29.8 Å². The number of rotatable bonds is 4. The van der Waals surface area contributed by atoms with Gasteiger partial charge in [-0.2, -0.15) is 5.10 Å². The first-order valence-corrected chi connectivity index (χ1v) is 5.57. The van der Waals surface area contributed by atoms with Crippen LogP contribution < -0.4 is 5.32 Å². The van der Waals surface area contributed by atoms with Crippen LogP contribution in [0.3, 0.4) is 0 Å². The van der Waals surface area contributed by atoms with Crippen molar-refractivity contribution in [1.29, 1.82) is 0 Å². The molecular formula is C9H14BrN3O. The lowest BCUT2D eigenvalue weighted by Crippen LogP contribution is -2.22. The Morgan fingerprint density at radius 1 is 1.71 bits per heavy atom. The third-order valence-electron chi connectivity index (χ3n) is 1.99. The molecule has 1 amide bonds. The van der Waals surface area contributed by atoms with Crippen molar-refractivity contribution in [3.8, 4) is 0 Å². The summed E-state index contributed by atoms with van der Waals surface area (Å²) in [7, 11) is 0. The molecule has 1 atom stereocenters. The van der Waals surface area contributed by atoms with Gasteiger partial charge in [0.2, 0.25) is 5.91 Å². The molecule has 5 heteroatoms. The number of halogens is 1. The molecule has 0 aromatic carbocycles. The van der Waals surface area contributed by atoms with Gasteiger partial charge in [0, 0.05) is 5.56 Å². The van der Waals surface area contributed by atoms with Crippen LogP contribution in [0.1, 0.15) is 25.8 Å². The fourth-order valence-electron chi connectivity index (χ4n) is 1.07. The summed E-state index contributed by atoms with van der Waals surface area (Å²) in [6.07, 6.45) is 3.34. The largest absolute Gasteiger partial charge is 0.310 e. The molecule has 0 bridgehead atoms. The number of aryl methyl sites for hydroxylation is 1. The molecule has 0 aliphatic heterocycles. The highest BCUT2D eigenvalue weighted by Crippen LogP contribution is 2.13. The van der Waals surface area contributed by atoms with Crippen LogP contribution in [0.4, 0.5) is 5.82 Å². The smallest absolute Gasteiger partial charge is 0.239 e. The first-order chi connectivity index (χ1) is 6.69. The molecule has 78 valence electrons. The van der Waals surface area contributed by atoms with Crippen molar-refractivity contribution in [2.24, 2.45) is 0 Å². The second kappa shape index (κ2) is 5.14. The number of hydrogen-bond donors (Lipinski definition) is 2. The van der Waals surface area contributed by atoms with E-state index in [0.29, 0.717) is 5.82 Å². The maximum atomic E-state index is 11.5. The number of carbonyl (C=O) groups excluding carboxylic acids is 1. The summed E-state index contributed by atoms with van der Waals surface area (Å²) in [4.78, 5) is 11.4. The fourth-order valence-corrected chi connectivity index (χ4v) is 1.19. The third kappa shape index (κ3) is 2.57. The van der Waals surface area contributed by atoms with E-state index in [1.807, 2.05) is 13.8 Å². The normalized spacial score (nSPS) is 12.5. The lowest BCUT2D eigenvalue weighted by atomic mass is 10.2. The summed E-state index contributed by atoms with van der Waals surface area (Å²) < 4.78 is 0. The average molecular weight is 260 g/mol. The summed E-state index contributed by atoms with van der Waals surface area (Å²) in [5, 5.41) is 9.43. The zero-order valence-corrected chi connectivity index (χ0v) is 9.89. The van der Waals surface area contributed by atoms with E-state index >= 15 is 0 Å². The Morgan fingerprint density at radius 2 is 2.43 bits per heavy atom. The summed E-state index contributed by atoms with van der Waals surface area (Å²) >= 11 is 3.29. The van der Waals surface area contributed by atoms with Crippen molar-refractivity contribution < 1.29 is 4.79 Å². The topological polar surface area (TPSA) is 57.8 Å². The molecule has 1 rings (SSSR count). The van der Waals surface area contributed by atoms with E-state index in [9.17, 15) is 4.79 Å². The van der Waals surface area contributed by atoms with E-state index in [1.54, 1.807) is 6.20 Å². The number of aromatic nitrogens is 2. The van der Waals surface area contributed by atoms with Crippen LogP contribution in [-0.4, -0.2) is 20.9 Å². The molecular weight excluding hydrogens is 246 g/mol. The van der Waals surface area contributed by atoms with E-state index in [4.69, 9.17) is 0 Å². The molecule has 0 saturated carbocycles. The number of nitrogens with one attached hydrogen (secondary N) is 2. The lowest BCUT2D eigenvalue weighted by Gasteiger charge is -2.07. The SMILES string of the molecule is CCc1cn[nH]c1NC(=O)C(Br)CC. The number of alkyl halides is 1. The standard InChI is InChI=1S/C9H14BrN3O/c1-3-6-5-11-13-8(6)12-9(14)7(10)4-2/h5,7H,3-4H2,1-2H3,(H2,11,12,13,14). The first-order valence-electron chi connectivity index (χ1n) is 4.66. The Kier molecular flexibility index (Phi) is 4.13. The monoisotopic (exact) mass is 259 g/mol. The van der Waals surface area contributed by atoms with Crippen molar-refractivity contribution in [3.63, 3.8) is 0 Å². The molecule has 4 nitrogen and oxygen atoms in total. The van der Waals surface area contributed by atoms with Gasteiger partial charge in [-0.15, -0.1) is 0 Å². The van der Waals surface area contributed by atoms with Gasteiger partial charge in [-0.05, 0) is 12.8 Å². The number of nitrogens with zero attached hydrogens (tertiary/aromatic N) is 1. The Balaban J connectivity index is 2.64. The highest BCUT2D eigenvalue weighted by Gasteiger charge is 2.14. The van der Waals surface area contributed by atoms with Crippen molar-refractivity contribution in [3.05, 3.63) is 11.8 Å². The maximum Gasteiger partial charge on any atom is 0.239 e. The zero-order valence-electron chi connectivity index (χ0n) is 8.30. The molecule has 0 fully saturated rings. The van der Waals surface area contributed by atoms with Crippen molar-refractivity contribution in [1.82, 2.24) is 10.2 Å². The quantitative estimate of drug-likeness (QED) is 0.814. The Hall–Kier alpha value is -0.840. The lowest BCUT2D eigenvalue weighted by molar-refractivity contribution is -0.115. The van der Waals surface area contributed by atoms with E-state index in [0.717, 1.165) is 18.4 Å². The molecule has 0 spiro atoms. The van der Waals surface area contributed by atoms with Gasteiger partial charge in [-0.3, -0.25) is 9.89 Å². The highest BCUT2D eigenvalue weighted by molar-refractivity contribution is 9.10. The van der Waals surface area contributed by atoms with Gasteiger partial charge in [0.05, 0.1) is 11.0 Å². The minimum absolute atomic E-state index is 0.0357. The molecule has 14 heavy (non-hydrogen) atoms. The first kappa shape index (κ1) is 11.2. The molecule has 1 unspecified atom stereocenters. The molecule has 0 aliphatic carbocycles. The summed E-state index contributed by atoms with van der Waals surface area (Å²) in [5.41, 5.74) is 1.02. The van der Waals surface area contributed by atoms with E-state index < -0.39 is 0 Å². The molecule has 1 aromatic rings. The molecule has 0 aliphatic rings. The molecule has 0 saturated heterocycles.